The van der Waals surface area contributed by atoms with E-state index in [9.17, 15) is 39.3 Å². The number of aliphatic carboxylic acids is 2. The normalized spacial score (nSPS) is 33.4. The van der Waals surface area contributed by atoms with Crippen LogP contribution in [0.25, 0.3) is 10.9 Å². The number of Topliss-reactive ketones (excluding diaryl/α,β-unsaturated/α-hetero) is 1. The molecule has 1 aromatic heterocycles. The smallest absolute Gasteiger partial charge is 0.344 e. The molecule has 4 unspecified atom stereocenters. The van der Waals surface area contributed by atoms with E-state index in [1.807, 2.05) is 43.1 Å². The number of hydrogen-bond acceptors (Lipinski definition) is 15. The minimum Gasteiger partial charge on any atom is -0.479 e. The van der Waals surface area contributed by atoms with Crippen molar-refractivity contribution < 1.29 is 69.2 Å². The maximum atomic E-state index is 14.5. The van der Waals surface area contributed by atoms with Crippen molar-refractivity contribution in [1.29, 1.82) is 0 Å². The Morgan fingerprint density at radius 1 is 0.985 bits per heavy atom. The van der Waals surface area contributed by atoms with Crippen molar-refractivity contribution in [3.63, 3.8) is 0 Å². The Morgan fingerprint density at radius 3 is 2.30 bits per heavy atom. The number of fused-ring (bicyclic) bond motifs is 6. The number of carboxylic acid groups (broad SMARTS) is 2. The van der Waals surface area contributed by atoms with Crippen LogP contribution in [0.15, 0.2) is 48.6 Å². The Kier molecular flexibility index (Phi) is 13.0. The molecule has 6 aliphatic rings. The zero-order chi connectivity index (χ0) is 48.5. The molecule has 3 fully saturated rings. The second-order valence-corrected chi connectivity index (χ2v) is 19.3. The Balaban J connectivity index is 0.000000547. The number of carbonyl (C=O) groups excluding carboxylic acids is 3. The molecule has 1 saturated carbocycles. The number of esters is 2. The van der Waals surface area contributed by atoms with Gasteiger partial charge in [0.15, 0.2) is 24.1 Å². The van der Waals surface area contributed by atoms with Crippen LogP contribution in [0, 0.1) is 17.3 Å². The van der Waals surface area contributed by atoms with E-state index in [4.69, 9.17) is 29.9 Å². The van der Waals surface area contributed by atoms with Crippen LogP contribution in [0.5, 0.6) is 0 Å². The third-order valence-corrected chi connectivity index (χ3v) is 16.1. The molecule has 362 valence electrons. The number of methoxy groups -OCH3 is 1. The topological polar surface area (TPSA) is 271 Å². The first-order chi connectivity index (χ1) is 31.9. The Labute approximate surface area is 387 Å². The standard InChI is InChI=1S/C45H56N4O8.C4H6O6/c1-6-26-17-27-21-48(20-26)22-31-29-11-8-9-12-33(29)46-38(31)37(35(53)24-51)36(27)30-19-32-34(18-28(30)23-50)47(4)40-44(32)14-16-49-15-10-13-43(7-2,39(44)49)41(57-25(3)52)45(40,55)42(54)56-5;5-1(3(7)8)2(6)4(9)10/h8-13,18-19,26-27,36-37,39-41,46,50-51,55H,6-7,14-17,20-24H2,1-5H3;1-2,5-6H,(H,7,8)(H,9,10)/t26?,27-,36-,37-,39+,40-,41-,43-,44-,45+;/m1./s1. The number of hydrogen-bond donors (Lipinski definition) is 8. The molecule has 3 aromatic rings. The molecule has 2 aromatic carbocycles. The lowest BCUT2D eigenvalue weighted by Gasteiger charge is -2.63. The molecular weight excluding hydrogens is 869 g/mol. The summed E-state index contributed by atoms with van der Waals surface area (Å²) in [6.45, 7) is 8.39. The summed E-state index contributed by atoms with van der Waals surface area (Å²) >= 11 is 0. The summed E-state index contributed by atoms with van der Waals surface area (Å²) in [6, 6.07) is 11.2. The van der Waals surface area contributed by atoms with E-state index < -0.39 is 83.1 Å². The van der Waals surface area contributed by atoms with Crippen LogP contribution in [0.1, 0.15) is 86.2 Å². The highest BCUT2D eigenvalue weighted by atomic mass is 16.6. The Morgan fingerprint density at radius 2 is 1.69 bits per heavy atom. The zero-order valence-electron chi connectivity index (χ0n) is 38.4. The van der Waals surface area contributed by atoms with Crippen LogP contribution in [0.4, 0.5) is 5.69 Å². The summed E-state index contributed by atoms with van der Waals surface area (Å²) in [4.78, 5) is 71.8. The molecule has 18 heteroatoms. The number of aromatic amines is 1. The van der Waals surface area contributed by atoms with E-state index in [0.29, 0.717) is 44.0 Å². The number of rotatable bonds is 11. The van der Waals surface area contributed by atoms with E-state index in [2.05, 4.69) is 46.0 Å². The number of nitrogens with one attached hydrogen (secondary N) is 1. The van der Waals surface area contributed by atoms with E-state index in [0.717, 1.165) is 64.9 Å². The van der Waals surface area contributed by atoms with Crippen molar-refractivity contribution in [2.24, 2.45) is 17.3 Å². The molecule has 0 radical (unpaired) electrons. The fourth-order valence-corrected chi connectivity index (χ4v) is 13.6. The van der Waals surface area contributed by atoms with Crippen molar-refractivity contribution in [2.75, 3.05) is 51.8 Å². The molecule has 2 saturated heterocycles. The molecule has 13 atom stereocenters. The van der Waals surface area contributed by atoms with Gasteiger partial charge in [-0.1, -0.05) is 56.7 Å². The minimum atomic E-state index is -2.27. The Bertz CT molecular complexity index is 2470. The number of ketones is 1. The SMILES string of the molecule is CCC1C[C@@H]2CN(Cc3c([nH]c4ccccc34)[C@H](C(=O)CO)[C@H]2c2cc3c(cc2CO)N(C)[C@H]2[C@@](O)(C(=O)OC)[C@H](OC(C)=O)[C@]4(CC)C=CCN5CC[C@]32[C@@H]54)C1.O=C(O)C(O)C(O)C(=O)O. The first-order valence-corrected chi connectivity index (χ1v) is 23.1. The summed E-state index contributed by atoms with van der Waals surface area (Å²) in [6.07, 6.45) is 1.31. The second kappa shape index (κ2) is 18.0. The lowest BCUT2D eigenvalue weighted by Crippen LogP contribution is -2.81. The number of piperidine rings is 1. The van der Waals surface area contributed by atoms with Gasteiger partial charge in [0.25, 0.3) is 0 Å². The van der Waals surface area contributed by atoms with Crippen LogP contribution >= 0.6 is 0 Å². The third kappa shape index (κ3) is 7.29. The van der Waals surface area contributed by atoms with Crippen molar-refractivity contribution >= 4 is 46.3 Å². The predicted octanol–water partition coefficient (Wildman–Crippen LogP) is 1.77. The largest absolute Gasteiger partial charge is 0.479 e. The molecule has 1 aliphatic carbocycles. The number of para-hydroxylation sites is 1. The van der Waals surface area contributed by atoms with Gasteiger partial charge in [0.05, 0.1) is 25.7 Å². The number of carbonyl (C=O) groups is 5. The van der Waals surface area contributed by atoms with Crippen molar-refractivity contribution in [1.82, 2.24) is 14.8 Å². The van der Waals surface area contributed by atoms with E-state index >= 15 is 0 Å². The molecule has 8 N–H and O–H groups in total. The summed E-state index contributed by atoms with van der Waals surface area (Å²) in [5.41, 5.74) is 2.01. The van der Waals surface area contributed by atoms with Gasteiger partial charge < -0.3 is 55.1 Å². The highest BCUT2D eigenvalue weighted by Crippen LogP contribution is 2.68. The molecule has 1 spiro atoms. The summed E-state index contributed by atoms with van der Waals surface area (Å²) < 4.78 is 11.6. The lowest BCUT2D eigenvalue weighted by atomic mass is 9.47. The maximum absolute atomic E-state index is 14.5. The predicted molar refractivity (Wildman–Crippen MR) is 241 cm³/mol. The van der Waals surface area contributed by atoms with Gasteiger partial charge in [-0.15, -0.1) is 0 Å². The monoisotopic (exact) mass is 930 g/mol. The third-order valence-electron chi connectivity index (χ3n) is 16.1. The molecule has 67 heavy (non-hydrogen) atoms. The summed E-state index contributed by atoms with van der Waals surface area (Å²) in [5, 5.41) is 68.9. The minimum absolute atomic E-state index is 0.0265. The van der Waals surface area contributed by atoms with Crippen LogP contribution in [0.3, 0.4) is 0 Å². The van der Waals surface area contributed by atoms with Gasteiger partial charge in [-0.05, 0) is 72.0 Å². The van der Waals surface area contributed by atoms with Gasteiger partial charge in [0.1, 0.15) is 6.61 Å². The number of benzene rings is 2. The number of likely N-dealkylation sites (N-methyl/N-ethyl adjacent to an activating group) is 1. The molecule has 2 bridgehead atoms. The number of H-pyrrole nitrogens is 1. The fourth-order valence-electron chi connectivity index (χ4n) is 13.6. The van der Waals surface area contributed by atoms with Crippen molar-refractivity contribution in [3.8, 4) is 0 Å². The van der Waals surface area contributed by atoms with Crippen molar-refractivity contribution in [2.45, 2.75) is 113 Å². The first kappa shape index (κ1) is 48.3. The van der Waals surface area contributed by atoms with E-state index in [1.165, 1.54) is 14.0 Å². The number of nitrogens with zero attached hydrogens (tertiary/aromatic N) is 3. The average molecular weight is 931 g/mol. The molecule has 9 rings (SSSR count). The highest BCUT2D eigenvalue weighted by Gasteiger charge is 2.80. The molecule has 6 heterocycles. The van der Waals surface area contributed by atoms with Gasteiger partial charge >= 0.3 is 23.9 Å². The second-order valence-electron chi connectivity index (χ2n) is 19.3. The Hall–Kier alpha value is -5.21. The quantitative estimate of drug-likeness (QED) is 0.101. The summed E-state index contributed by atoms with van der Waals surface area (Å²) in [7, 11) is 3.13. The average Bonchev–Trinajstić information content (AvgIpc) is 3.96. The van der Waals surface area contributed by atoms with Crippen LogP contribution in [-0.2, 0) is 52.0 Å². The highest BCUT2D eigenvalue weighted by molar-refractivity contribution is 5.93. The van der Waals surface area contributed by atoms with Crippen molar-refractivity contribution in [3.05, 3.63) is 76.5 Å². The lowest BCUT2D eigenvalue weighted by molar-refractivity contribution is -0.228. The first-order valence-electron chi connectivity index (χ1n) is 23.1. The van der Waals surface area contributed by atoms with Crippen LogP contribution in [-0.4, -0.2) is 163 Å². The van der Waals surface area contributed by atoms with Gasteiger partial charge in [-0.3, -0.25) is 19.4 Å². The van der Waals surface area contributed by atoms with E-state index in [1.54, 1.807) is 0 Å². The van der Waals surface area contributed by atoms with Gasteiger partial charge in [-0.25, -0.2) is 14.4 Å². The number of aliphatic hydroxyl groups is 5. The number of ether oxygens (including phenoxy) is 2. The van der Waals surface area contributed by atoms with Gasteiger partial charge in [0.2, 0.25) is 5.60 Å². The fraction of sp³-hybridized carbons (Fsp3) is 0.571. The number of aliphatic hydroxyl groups excluding tert-OH is 4. The number of aromatic nitrogens is 1. The molecule has 0 amide bonds. The molecule has 18 nitrogen and oxygen atoms in total. The van der Waals surface area contributed by atoms with Crippen LogP contribution in [0.2, 0.25) is 0 Å². The van der Waals surface area contributed by atoms with Gasteiger partial charge in [0, 0.05) is 85.2 Å². The van der Waals surface area contributed by atoms with Crippen LogP contribution < -0.4 is 4.90 Å². The molecule has 5 aliphatic heterocycles. The maximum Gasteiger partial charge on any atom is 0.344 e. The molecular formula is C49H62N4O14. The zero-order valence-corrected chi connectivity index (χ0v) is 38.4. The number of anilines is 1. The summed E-state index contributed by atoms with van der Waals surface area (Å²) in [5.74, 6) is -5.96. The van der Waals surface area contributed by atoms with E-state index in [-0.39, 0.29) is 24.3 Å². The van der Waals surface area contributed by atoms with Gasteiger partial charge in [-0.2, -0.15) is 0 Å². The number of carboxylic acids is 2.